The van der Waals surface area contributed by atoms with Crippen molar-refractivity contribution in [1.29, 1.82) is 0 Å². The van der Waals surface area contributed by atoms with E-state index < -0.39 is 0 Å². The standard InChI is InChI=1S/C25H53NO2/c1-5-7-9-11-13-15-17-19-21-27-24-25(23-26(3)4)28-22-20-18-16-14-12-10-8-6-2/h25H,5-24H2,1-4H3. The summed E-state index contributed by atoms with van der Waals surface area (Å²) < 4.78 is 12.0. The molecule has 0 radical (unpaired) electrons. The predicted octanol–water partition coefficient (Wildman–Crippen LogP) is 7.23. The number of nitrogens with zero attached hydrogens (tertiary/aromatic N) is 1. The van der Waals surface area contributed by atoms with Crippen molar-refractivity contribution >= 4 is 0 Å². The van der Waals surface area contributed by atoms with Gasteiger partial charge in [-0.15, -0.1) is 0 Å². The maximum Gasteiger partial charge on any atom is 0.0934 e. The summed E-state index contributed by atoms with van der Waals surface area (Å²) in [5.74, 6) is 0. The van der Waals surface area contributed by atoms with Crippen LogP contribution in [0.3, 0.4) is 0 Å². The molecule has 0 aliphatic carbocycles. The van der Waals surface area contributed by atoms with Gasteiger partial charge in [0.2, 0.25) is 0 Å². The van der Waals surface area contributed by atoms with Gasteiger partial charge in [-0.1, -0.05) is 104 Å². The Morgan fingerprint density at radius 1 is 0.571 bits per heavy atom. The molecule has 170 valence electrons. The first-order valence-corrected chi connectivity index (χ1v) is 12.5. The minimum Gasteiger partial charge on any atom is -0.379 e. The topological polar surface area (TPSA) is 21.7 Å². The Hall–Kier alpha value is -0.120. The van der Waals surface area contributed by atoms with E-state index in [0.29, 0.717) is 0 Å². The molecule has 3 heteroatoms. The second-order valence-electron chi connectivity index (χ2n) is 8.78. The molecule has 3 nitrogen and oxygen atoms in total. The van der Waals surface area contributed by atoms with Crippen LogP contribution in [0.1, 0.15) is 117 Å². The molecule has 0 N–H and O–H groups in total. The van der Waals surface area contributed by atoms with Gasteiger partial charge in [0.25, 0.3) is 0 Å². The molecule has 0 aliphatic rings. The van der Waals surface area contributed by atoms with E-state index in [2.05, 4.69) is 32.8 Å². The van der Waals surface area contributed by atoms with E-state index in [9.17, 15) is 0 Å². The van der Waals surface area contributed by atoms with Gasteiger partial charge in [-0.3, -0.25) is 0 Å². The molecule has 0 saturated carbocycles. The monoisotopic (exact) mass is 399 g/mol. The van der Waals surface area contributed by atoms with E-state index in [1.165, 1.54) is 103 Å². The molecule has 1 atom stereocenters. The molecular formula is C25H53NO2. The lowest BCUT2D eigenvalue weighted by Gasteiger charge is -2.21. The first-order chi connectivity index (χ1) is 13.7. The number of likely N-dealkylation sites (N-methyl/N-ethyl adjacent to an activating group) is 1. The lowest BCUT2D eigenvalue weighted by molar-refractivity contribution is -0.0287. The highest BCUT2D eigenvalue weighted by Gasteiger charge is 2.10. The Balaban J connectivity index is 3.55. The quantitative estimate of drug-likeness (QED) is 0.169. The van der Waals surface area contributed by atoms with Crippen molar-refractivity contribution in [3.63, 3.8) is 0 Å². The van der Waals surface area contributed by atoms with Gasteiger partial charge in [-0.05, 0) is 26.9 Å². The van der Waals surface area contributed by atoms with Gasteiger partial charge in [-0.2, -0.15) is 0 Å². The summed E-state index contributed by atoms with van der Waals surface area (Å²) in [5.41, 5.74) is 0. The maximum absolute atomic E-state index is 6.11. The lowest BCUT2D eigenvalue weighted by atomic mass is 10.1. The summed E-state index contributed by atoms with van der Waals surface area (Å²) in [6.45, 7) is 8.02. The number of hydrogen-bond donors (Lipinski definition) is 0. The third kappa shape index (κ3) is 22.2. The largest absolute Gasteiger partial charge is 0.379 e. The summed E-state index contributed by atoms with van der Waals surface area (Å²) >= 11 is 0. The minimum atomic E-state index is 0.216. The molecule has 0 aromatic carbocycles. The van der Waals surface area contributed by atoms with Crippen LogP contribution < -0.4 is 0 Å². The third-order valence-electron chi connectivity index (χ3n) is 5.37. The zero-order valence-electron chi connectivity index (χ0n) is 20.0. The molecule has 0 saturated heterocycles. The fourth-order valence-corrected chi connectivity index (χ4v) is 3.60. The SMILES string of the molecule is CCCCCCCCCCOCC(CN(C)C)OCCCCCCCCCC. The van der Waals surface area contributed by atoms with E-state index in [0.717, 1.165) is 26.4 Å². The Morgan fingerprint density at radius 3 is 1.46 bits per heavy atom. The number of rotatable bonds is 23. The van der Waals surface area contributed by atoms with E-state index in [4.69, 9.17) is 9.47 Å². The zero-order chi connectivity index (χ0) is 20.7. The Labute approximate surface area is 177 Å². The van der Waals surface area contributed by atoms with Crippen LogP contribution in [0.5, 0.6) is 0 Å². The minimum absolute atomic E-state index is 0.216. The van der Waals surface area contributed by atoms with Crippen molar-refractivity contribution in [1.82, 2.24) is 4.90 Å². The Kier molecular flexibility index (Phi) is 23.1. The molecule has 0 amide bonds. The average molecular weight is 400 g/mol. The number of unbranched alkanes of at least 4 members (excludes halogenated alkanes) is 14. The second-order valence-corrected chi connectivity index (χ2v) is 8.78. The number of ether oxygens (including phenoxy) is 2. The molecule has 0 bridgehead atoms. The number of hydrogen-bond acceptors (Lipinski definition) is 3. The van der Waals surface area contributed by atoms with Crippen LogP contribution in [0, 0.1) is 0 Å². The summed E-state index contributed by atoms with van der Waals surface area (Å²) in [7, 11) is 4.23. The van der Waals surface area contributed by atoms with Crippen LogP contribution in [0.15, 0.2) is 0 Å². The van der Waals surface area contributed by atoms with Gasteiger partial charge in [0, 0.05) is 19.8 Å². The van der Waals surface area contributed by atoms with E-state index in [1.807, 2.05) is 0 Å². The Morgan fingerprint density at radius 2 is 1.00 bits per heavy atom. The summed E-state index contributed by atoms with van der Waals surface area (Å²) in [6, 6.07) is 0. The van der Waals surface area contributed by atoms with E-state index >= 15 is 0 Å². The molecule has 0 fully saturated rings. The van der Waals surface area contributed by atoms with E-state index in [1.54, 1.807) is 0 Å². The molecule has 28 heavy (non-hydrogen) atoms. The highest BCUT2D eigenvalue weighted by atomic mass is 16.5. The summed E-state index contributed by atoms with van der Waals surface area (Å²) in [4.78, 5) is 2.21. The highest BCUT2D eigenvalue weighted by Crippen LogP contribution is 2.10. The first kappa shape index (κ1) is 27.9. The molecule has 1 unspecified atom stereocenters. The van der Waals surface area contributed by atoms with E-state index in [-0.39, 0.29) is 6.10 Å². The fourth-order valence-electron chi connectivity index (χ4n) is 3.60. The molecule has 0 spiro atoms. The van der Waals surface area contributed by atoms with Crippen molar-refractivity contribution in [2.75, 3.05) is 40.5 Å². The Bertz CT molecular complexity index is 284. The van der Waals surface area contributed by atoms with Crippen molar-refractivity contribution in [2.45, 2.75) is 123 Å². The van der Waals surface area contributed by atoms with Crippen LogP contribution in [0.2, 0.25) is 0 Å². The van der Waals surface area contributed by atoms with Crippen LogP contribution in [-0.2, 0) is 9.47 Å². The first-order valence-electron chi connectivity index (χ1n) is 12.5. The van der Waals surface area contributed by atoms with Crippen LogP contribution >= 0.6 is 0 Å². The fraction of sp³-hybridized carbons (Fsp3) is 1.00. The van der Waals surface area contributed by atoms with Gasteiger partial charge in [-0.25, -0.2) is 0 Å². The smallest absolute Gasteiger partial charge is 0.0934 e. The molecule has 0 aromatic rings. The van der Waals surface area contributed by atoms with Crippen molar-refractivity contribution < 1.29 is 9.47 Å². The van der Waals surface area contributed by atoms with Gasteiger partial charge in [0.05, 0.1) is 12.7 Å². The normalized spacial score (nSPS) is 12.8. The highest BCUT2D eigenvalue weighted by molar-refractivity contribution is 4.61. The summed E-state index contributed by atoms with van der Waals surface area (Å²) in [5, 5.41) is 0. The molecule has 0 heterocycles. The van der Waals surface area contributed by atoms with Crippen molar-refractivity contribution in [2.24, 2.45) is 0 Å². The van der Waals surface area contributed by atoms with Crippen LogP contribution in [0.4, 0.5) is 0 Å². The van der Waals surface area contributed by atoms with Gasteiger partial charge >= 0.3 is 0 Å². The zero-order valence-corrected chi connectivity index (χ0v) is 20.0. The molecule has 0 rings (SSSR count). The maximum atomic E-state index is 6.11. The van der Waals surface area contributed by atoms with Crippen molar-refractivity contribution in [3.8, 4) is 0 Å². The van der Waals surface area contributed by atoms with Gasteiger partial charge in [0.1, 0.15) is 0 Å². The third-order valence-corrected chi connectivity index (χ3v) is 5.37. The van der Waals surface area contributed by atoms with Gasteiger partial charge < -0.3 is 14.4 Å². The molecule has 0 aromatic heterocycles. The van der Waals surface area contributed by atoms with Crippen LogP contribution in [-0.4, -0.2) is 51.5 Å². The van der Waals surface area contributed by atoms with Gasteiger partial charge in [0.15, 0.2) is 0 Å². The van der Waals surface area contributed by atoms with Crippen molar-refractivity contribution in [3.05, 3.63) is 0 Å². The predicted molar refractivity (Wildman–Crippen MR) is 124 cm³/mol. The molecule has 0 aliphatic heterocycles. The molecular weight excluding hydrogens is 346 g/mol. The second kappa shape index (κ2) is 23.2. The summed E-state index contributed by atoms with van der Waals surface area (Å²) in [6.07, 6.45) is 21.8. The average Bonchev–Trinajstić information content (AvgIpc) is 2.67. The lowest BCUT2D eigenvalue weighted by Crippen LogP contribution is -2.32. The van der Waals surface area contributed by atoms with Crippen LogP contribution in [0.25, 0.3) is 0 Å².